The van der Waals surface area contributed by atoms with E-state index >= 15 is 0 Å². The Labute approximate surface area is 212 Å². The Balaban J connectivity index is 1.36. The number of carbonyl (C=O) groups excluding carboxylic acids is 1. The van der Waals surface area contributed by atoms with E-state index in [1.807, 2.05) is 59.5 Å². The average Bonchev–Trinajstić information content (AvgIpc) is 3.44. The van der Waals surface area contributed by atoms with Crippen LogP contribution < -0.4 is 9.64 Å². The Morgan fingerprint density at radius 1 is 0.946 bits per heavy atom. The maximum Gasteiger partial charge on any atom is 0.324 e. The van der Waals surface area contributed by atoms with E-state index in [1.165, 1.54) is 6.20 Å². The first kappa shape index (κ1) is 24.4. The van der Waals surface area contributed by atoms with Crippen LogP contribution in [-0.4, -0.2) is 39.2 Å². The molecule has 3 heterocycles. The number of alkyl halides is 2. The molecule has 0 atom stereocenters. The second-order valence-electron chi connectivity index (χ2n) is 8.61. The lowest BCUT2D eigenvalue weighted by molar-refractivity contribution is 0.116. The van der Waals surface area contributed by atoms with Gasteiger partial charge in [-0.05, 0) is 67.8 Å². The van der Waals surface area contributed by atoms with Gasteiger partial charge in [-0.2, -0.15) is 8.78 Å². The van der Waals surface area contributed by atoms with Gasteiger partial charge in [0.05, 0.1) is 17.8 Å². The van der Waals surface area contributed by atoms with Gasteiger partial charge in [-0.15, -0.1) is 10.2 Å². The number of hydrogen-bond donors (Lipinski definition) is 0. The molecule has 2 aromatic carbocycles. The van der Waals surface area contributed by atoms with Crippen LogP contribution in [0.2, 0.25) is 0 Å². The van der Waals surface area contributed by atoms with Crippen LogP contribution >= 0.6 is 0 Å². The predicted octanol–water partition coefficient (Wildman–Crippen LogP) is 6.47. The molecular formula is C27H25F2N5O3. The number of likely N-dealkylation sites (tertiary alicyclic amines) is 1. The number of piperidine rings is 1. The second kappa shape index (κ2) is 11.2. The quantitative estimate of drug-likeness (QED) is 0.286. The van der Waals surface area contributed by atoms with Gasteiger partial charge in [0.15, 0.2) is 0 Å². The van der Waals surface area contributed by atoms with Crippen molar-refractivity contribution in [3.63, 3.8) is 0 Å². The lowest BCUT2D eigenvalue weighted by atomic mass is 10.1. The number of rotatable bonds is 7. The molecule has 1 fully saturated rings. The summed E-state index contributed by atoms with van der Waals surface area (Å²) in [4.78, 5) is 21.5. The van der Waals surface area contributed by atoms with Crippen molar-refractivity contribution in [1.29, 1.82) is 0 Å². The number of ether oxygens (including phenoxy) is 1. The van der Waals surface area contributed by atoms with Crippen LogP contribution in [0.25, 0.3) is 11.5 Å². The fourth-order valence-electron chi connectivity index (χ4n) is 4.09. The van der Waals surface area contributed by atoms with Gasteiger partial charge in [-0.3, -0.25) is 9.88 Å². The zero-order valence-corrected chi connectivity index (χ0v) is 20.0. The molecule has 37 heavy (non-hydrogen) atoms. The number of benzene rings is 2. The third-order valence-electron chi connectivity index (χ3n) is 6.00. The first-order valence-electron chi connectivity index (χ1n) is 12.0. The van der Waals surface area contributed by atoms with Gasteiger partial charge in [-0.25, -0.2) is 4.79 Å². The summed E-state index contributed by atoms with van der Waals surface area (Å²) in [5.74, 6) is 0.606. The minimum Gasteiger partial charge on any atom is -0.457 e. The number of hydrogen-bond acceptors (Lipinski definition) is 6. The zero-order valence-electron chi connectivity index (χ0n) is 20.0. The third-order valence-corrected chi connectivity index (χ3v) is 6.00. The molecule has 0 radical (unpaired) electrons. The maximum absolute atomic E-state index is 13.5. The van der Waals surface area contributed by atoms with E-state index in [2.05, 4.69) is 15.2 Å². The van der Waals surface area contributed by atoms with Crippen LogP contribution in [0, 0.1) is 0 Å². The van der Waals surface area contributed by atoms with Gasteiger partial charge in [0.2, 0.25) is 5.89 Å². The largest absolute Gasteiger partial charge is 0.457 e. The summed E-state index contributed by atoms with van der Waals surface area (Å²) in [6, 6.07) is 20.1. The fraction of sp³-hybridized carbons (Fsp3) is 0.259. The summed E-state index contributed by atoms with van der Waals surface area (Å²) in [7, 11) is 0. The highest BCUT2D eigenvalue weighted by Gasteiger charge is 2.25. The molecule has 190 valence electrons. The van der Waals surface area contributed by atoms with Gasteiger partial charge >= 0.3 is 12.5 Å². The Kier molecular flexibility index (Phi) is 7.34. The van der Waals surface area contributed by atoms with E-state index in [1.54, 1.807) is 17.0 Å². The van der Waals surface area contributed by atoms with Crippen LogP contribution in [-0.2, 0) is 6.54 Å². The SMILES string of the molecule is O=C(N1CCCCC1)N(Cc1ccc(-c2nnc(C(F)F)o2)cn1)c1ccc(Oc2ccccc2)cc1. The first-order chi connectivity index (χ1) is 18.1. The number of amides is 2. The minimum absolute atomic E-state index is 0.0374. The Bertz CT molecular complexity index is 1310. The molecular weight excluding hydrogens is 480 g/mol. The van der Waals surface area contributed by atoms with Gasteiger partial charge in [0, 0.05) is 25.0 Å². The molecule has 0 aliphatic carbocycles. The van der Waals surface area contributed by atoms with Crippen molar-refractivity contribution >= 4 is 11.7 Å². The summed E-state index contributed by atoms with van der Waals surface area (Å²) in [5.41, 5.74) is 1.74. The van der Waals surface area contributed by atoms with Crippen molar-refractivity contribution < 1.29 is 22.7 Å². The summed E-state index contributed by atoms with van der Waals surface area (Å²) in [5, 5.41) is 7.00. The van der Waals surface area contributed by atoms with E-state index in [9.17, 15) is 13.6 Å². The second-order valence-corrected chi connectivity index (χ2v) is 8.61. The van der Waals surface area contributed by atoms with E-state index < -0.39 is 12.3 Å². The highest BCUT2D eigenvalue weighted by atomic mass is 19.3. The van der Waals surface area contributed by atoms with Crippen molar-refractivity contribution in [1.82, 2.24) is 20.1 Å². The minimum atomic E-state index is -2.84. The number of aromatic nitrogens is 3. The van der Waals surface area contributed by atoms with Gasteiger partial charge in [0.1, 0.15) is 11.5 Å². The van der Waals surface area contributed by atoms with Crippen molar-refractivity contribution in [2.75, 3.05) is 18.0 Å². The Hall–Kier alpha value is -4.34. The number of anilines is 1. The normalized spacial score (nSPS) is 13.5. The molecule has 8 nitrogen and oxygen atoms in total. The van der Waals surface area contributed by atoms with E-state index in [-0.39, 0.29) is 18.5 Å². The number of pyridine rings is 1. The molecule has 1 aliphatic heterocycles. The third kappa shape index (κ3) is 5.91. The summed E-state index contributed by atoms with van der Waals surface area (Å²) < 4.78 is 36.4. The molecule has 10 heteroatoms. The van der Waals surface area contributed by atoms with Crippen molar-refractivity contribution in [3.05, 3.63) is 84.5 Å². The number of urea groups is 1. The molecule has 0 unspecified atom stereocenters. The smallest absolute Gasteiger partial charge is 0.324 e. The van der Waals surface area contributed by atoms with E-state index in [0.717, 1.165) is 25.0 Å². The lowest BCUT2D eigenvalue weighted by Crippen LogP contribution is -2.45. The van der Waals surface area contributed by atoms with Crippen LogP contribution in [0.15, 0.2) is 77.3 Å². The molecule has 0 spiro atoms. The fourth-order valence-corrected chi connectivity index (χ4v) is 4.09. The molecule has 5 rings (SSSR count). The summed E-state index contributed by atoms with van der Waals surface area (Å²) in [6.45, 7) is 1.64. The molecule has 4 aromatic rings. The summed E-state index contributed by atoms with van der Waals surface area (Å²) in [6.07, 6.45) is 1.69. The molecule has 0 bridgehead atoms. The van der Waals surface area contributed by atoms with E-state index in [4.69, 9.17) is 9.15 Å². The molecule has 2 aromatic heterocycles. The molecule has 1 saturated heterocycles. The topological polar surface area (TPSA) is 84.6 Å². The first-order valence-corrected chi connectivity index (χ1v) is 12.0. The van der Waals surface area contributed by atoms with Crippen molar-refractivity contribution in [2.45, 2.75) is 32.2 Å². The standard InChI is InChI=1S/C27H25F2N5O3/c28-24(29)26-32-31-25(37-26)19-9-10-20(30-17-19)18-34(27(35)33-15-5-2-6-16-33)21-11-13-23(14-12-21)36-22-7-3-1-4-8-22/h1,3-4,7-14,17,24H,2,5-6,15-16,18H2. The van der Waals surface area contributed by atoms with Crippen LogP contribution in [0.4, 0.5) is 19.3 Å². The molecule has 2 amide bonds. The lowest BCUT2D eigenvalue weighted by Gasteiger charge is -2.33. The number of carbonyl (C=O) groups is 1. The van der Waals surface area contributed by atoms with Crippen molar-refractivity contribution in [3.8, 4) is 23.0 Å². The average molecular weight is 506 g/mol. The number of nitrogens with zero attached hydrogens (tertiary/aromatic N) is 5. The van der Waals surface area contributed by atoms with Gasteiger partial charge in [0.25, 0.3) is 5.89 Å². The van der Waals surface area contributed by atoms with Crippen LogP contribution in [0.1, 0.15) is 37.3 Å². The molecule has 0 N–H and O–H groups in total. The van der Waals surface area contributed by atoms with Gasteiger partial charge in [-0.1, -0.05) is 18.2 Å². The zero-order chi connectivity index (χ0) is 25.6. The molecule has 1 aliphatic rings. The highest BCUT2D eigenvalue weighted by Crippen LogP contribution is 2.27. The summed E-state index contributed by atoms with van der Waals surface area (Å²) >= 11 is 0. The monoisotopic (exact) mass is 505 g/mol. The number of halogens is 2. The van der Waals surface area contributed by atoms with Crippen LogP contribution in [0.3, 0.4) is 0 Å². The Morgan fingerprint density at radius 2 is 1.68 bits per heavy atom. The highest BCUT2D eigenvalue weighted by molar-refractivity contribution is 5.92. The van der Waals surface area contributed by atoms with Crippen molar-refractivity contribution in [2.24, 2.45) is 0 Å². The van der Waals surface area contributed by atoms with E-state index in [0.29, 0.717) is 35.8 Å². The number of para-hydroxylation sites is 1. The van der Waals surface area contributed by atoms with Crippen LogP contribution in [0.5, 0.6) is 11.5 Å². The molecule has 0 saturated carbocycles. The van der Waals surface area contributed by atoms with Gasteiger partial charge < -0.3 is 14.1 Å². The maximum atomic E-state index is 13.5. The predicted molar refractivity (Wildman–Crippen MR) is 132 cm³/mol. The Morgan fingerprint density at radius 3 is 2.32 bits per heavy atom.